The lowest BCUT2D eigenvalue weighted by molar-refractivity contribution is -0.136. The molecule has 2 N–H and O–H groups in total. The molecule has 0 saturated carbocycles. The molecule has 0 saturated heterocycles. The third kappa shape index (κ3) is 4.96. The largest absolute Gasteiger partial charge is 0.497 e. The van der Waals surface area contributed by atoms with Gasteiger partial charge in [0.05, 0.1) is 24.4 Å². The molecule has 0 fully saturated rings. The summed E-state index contributed by atoms with van der Waals surface area (Å²) in [4.78, 5) is 36.7. The number of esters is 1. The van der Waals surface area contributed by atoms with Crippen LogP contribution in [0.3, 0.4) is 0 Å². The van der Waals surface area contributed by atoms with E-state index >= 15 is 0 Å². The van der Waals surface area contributed by atoms with E-state index in [1.807, 2.05) is 54.6 Å². The maximum atomic E-state index is 13.1. The molecule has 0 aliphatic carbocycles. The molecule has 0 bridgehead atoms. The summed E-state index contributed by atoms with van der Waals surface area (Å²) in [7, 11) is 1.59. The summed E-state index contributed by atoms with van der Waals surface area (Å²) in [6.45, 7) is -0.478. The fourth-order valence-corrected chi connectivity index (χ4v) is 3.68. The Hall–Kier alpha value is -4.46. The van der Waals surface area contributed by atoms with Gasteiger partial charge < -0.3 is 15.2 Å². The third-order valence-corrected chi connectivity index (χ3v) is 5.51. The first-order chi connectivity index (χ1) is 16.5. The monoisotopic (exact) mass is 457 g/mol. The molecule has 172 valence electrons. The highest BCUT2D eigenvalue weighted by atomic mass is 16.5. The molecule has 1 aliphatic rings. The van der Waals surface area contributed by atoms with E-state index in [1.165, 1.54) is 29.3 Å². The Kier molecular flexibility index (Phi) is 6.68. The van der Waals surface area contributed by atoms with Crippen LogP contribution in [-0.2, 0) is 9.53 Å². The molecule has 0 aromatic heterocycles. The number of benzene rings is 3. The number of ether oxygens (including phenoxy) is 2. The van der Waals surface area contributed by atoms with Gasteiger partial charge in [0.15, 0.2) is 6.61 Å². The lowest BCUT2D eigenvalue weighted by atomic mass is 9.98. The molecule has 1 atom stereocenters. The second kappa shape index (κ2) is 9.99. The molecule has 3 aromatic carbocycles. The highest BCUT2D eigenvalue weighted by molar-refractivity contribution is 6.03. The topological polar surface area (TPSA) is 111 Å². The van der Waals surface area contributed by atoms with Crippen molar-refractivity contribution < 1.29 is 23.9 Å². The van der Waals surface area contributed by atoms with Crippen LogP contribution < -0.4 is 10.5 Å². The minimum absolute atomic E-state index is 0.208. The van der Waals surface area contributed by atoms with Crippen LogP contribution in [0.2, 0.25) is 0 Å². The van der Waals surface area contributed by atoms with E-state index in [-0.39, 0.29) is 17.2 Å². The number of rotatable bonds is 7. The van der Waals surface area contributed by atoms with Crippen molar-refractivity contribution in [3.05, 3.63) is 101 Å². The predicted molar refractivity (Wildman–Crippen MR) is 125 cm³/mol. The first kappa shape index (κ1) is 22.7. The van der Waals surface area contributed by atoms with Crippen molar-refractivity contribution in [2.75, 3.05) is 13.7 Å². The van der Waals surface area contributed by atoms with Crippen LogP contribution in [0, 0.1) is 0 Å². The Bertz CT molecular complexity index is 1220. The molecule has 4 rings (SSSR count). The minimum Gasteiger partial charge on any atom is -0.497 e. The highest BCUT2D eigenvalue weighted by Crippen LogP contribution is 2.33. The van der Waals surface area contributed by atoms with Crippen LogP contribution in [0.5, 0.6) is 5.75 Å². The summed E-state index contributed by atoms with van der Waals surface area (Å²) >= 11 is 0. The Balaban J connectivity index is 1.51. The summed E-state index contributed by atoms with van der Waals surface area (Å²) in [6, 6.07) is 22.4. The zero-order chi connectivity index (χ0) is 24.1. The molecule has 1 aliphatic heterocycles. The number of primary amides is 1. The second-order valence-corrected chi connectivity index (χ2v) is 7.66. The van der Waals surface area contributed by atoms with Crippen LogP contribution in [-0.4, -0.2) is 42.2 Å². The fourth-order valence-electron chi connectivity index (χ4n) is 3.68. The smallest absolute Gasteiger partial charge is 0.338 e. The van der Waals surface area contributed by atoms with E-state index in [4.69, 9.17) is 15.2 Å². The number of amides is 2. The summed E-state index contributed by atoms with van der Waals surface area (Å²) in [5.74, 6) is -1.02. The summed E-state index contributed by atoms with van der Waals surface area (Å²) < 4.78 is 10.5. The highest BCUT2D eigenvalue weighted by Gasteiger charge is 2.33. The van der Waals surface area contributed by atoms with E-state index in [9.17, 15) is 14.4 Å². The molecule has 3 aromatic rings. The standard InChI is InChI=1S/C26H23N3O5/c1-33-21-13-11-18(12-14-21)23-15-22(17-5-3-2-4-6-17)28-29(23)24(30)16-34-26(32)20-9-7-19(8-10-20)25(27)31/h2-14,23H,15-16H2,1H3,(H2,27,31). The fraction of sp³-hybridized carbons (Fsp3) is 0.154. The van der Waals surface area contributed by atoms with E-state index < -0.39 is 24.4 Å². The molecule has 0 radical (unpaired) electrons. The molecule has 34 heavy (non-hydrogen) atoms. The quantitative estimate of drug-likeness (QED) is 0.547. The van der Waals surface area contributed by atoms with Crippen molar-refractivity contribution in [3.63, 3.8) is 0 Å². The van der Waals surface area contributed by atoms with Gasteiger partial charge >= 0.3 is 5.97 Å². The average Bonchev–Trinajstić information content (AvgIpc) is 3.33. The number of hydrogen-bond donors (Lipinski definition) is 1. The molecule has 0 spiro atoms. The Morgan fingerprint density at radius 3 is 2.21 bits per heavy atom. The van der Waals surface area contributed by atoms with Crippen molar-refractivity contribution in [1.29, 1.82) is 0 Å². The Morgan fingerprint density at radius 1 is 0.941 bits per heavy atom. The van der Waals surface area contributed by atoms with E-state index in [1.54, 1.807) is 7.11 Å². The van der Waals surface area contributed by atoms with E-state index in [0.717, 1.165) is 16.8 Å². The normalized spacial score (nSPS) is 14.9. The van der Waals surface area contributed by atoms with Crippen LogP contribution >= 0.6 is 0 Å². The van der Waals surface area contributed by atoms with Crippen LogP contribution in [0.4, 0.5) is 0 Å². The van der Waals surface area contributed by atoms with Crippen molar-refractivity contribution in [2.45, 2.75) is 12.5 Å². The maximum absolute atomic E-state index is 13.1. The molecule has 8 nitrogen and oxygen atoms in total. The van der Waals surface area contributed by atoms with Gasteiger partial charge in [0.1, 0.15) is 5.75 Å². The van der Waals surface area contributed by atoms with Crippen LogP contribution in [0.15, 0.2) is 84.0 Å². The van der Waals surface area contributed by atoms with Gasteiger partial charge in [-0.2, -0.15) is 5.10 Å². The van der Waals surface area contributed by atoms with Crippen molar-refractivity contribution in [1.82, 2.24) is 5.01 Å². The molecule has 2 amide bonds. The lowest BCUT2D eigenvalue weighted by Crippen LogP contribution is -2.31. The van der Waals surface area contributed by atoms with Gasteiger partial charge in [-0.15, -0.1) is 0 Å². The number of nitrogens with two attached hydrogens (primary N) is 1. The summed E-state index contributed by atoms with van der Waals surface area (Å²) in [5, 5.41) is 5.94. The number of hydrazone groups is 1. The van der Waals surface area contributed by atoms with Gasteiger partial charge in [-0.05, 0) is 47.5 Å². The first-order valence-electron chi connectivity index (χ1n) is 10.6. The molecule has 1 unspecified atom stereocenters. The van der Waals surface area contributed by atoms with E-state index in [0.29, 0.717) is 12.2 Å². The number of carbonyl (C=O) groups excluding carboxylic acids is 3. The number of hydrogen-bond acceptors (Lipinski definition) is 6. The van der Waals surface area contributed by atoms with Gasteiger partial charge in [-0.25, -0.2) is 9.80 Å². The third-order valence-electron chi connectivity index (χ3n) is 5.51. The van der Waals surface area contributed by atoms with Crippen molar-refractivity contribution in [3.8, 4) is 5.75 Å². The SMILES string of the molecule is COc1ccc(C2CC(c3ccccc3)=NN2C(=O)COC(=O)c2ccc(C(N)=O)cc2)cc1. The van der Waals surface area contributed by atoms with Crippen molar-refractivity contribution in [2.24, 2.45) is 10.8 Å². The molecular weight excluding hydrogens is 434 g/mol. The van der Waals surface area contributed by atoms with Gasteiger partial charge in [0, 0.05) is 12.0 Å². The molecule has 1 heterocycles. The number of methoxy groups -OCH3 is 1. The zero-order valence-electron chi connectivity index (χ0n) is 18.5. The van der Waals surface area contributed by atoms with Crippen molar-refractivity contribution >= 4 is 23.5 Å². The minimum atomic E-state index is -0.683. The number of carbonyl (C=O) groups is 3. The second-order valence-electron chi connectivity index (χ2n) is 7.66. The lowest BCUT2D eigenvalue weighted by Gasteiger charge is -2.22. The van der Waals surface area contributed by atoms with Gasteiger partial charge in [0.25, 0.3) is 5.91 Å². The zero-order valence-corrected chi connectivity index (χ0v) is 18.5. The number of nitrogens with zero attached hydrogens (tertiary/aromatic N) is 2. The molecular formula is C26H23N3O5. The first-order valence-corrected chi connectivity index (χ1v) is 10.6. The van der Waals surface area contributed by atoms with Crippen LogP contribution in [0.1, 0.15) is 44.3 Å². The Labute approximate surface area is 196 Å². The Morgan fingerprint density at radius 2 is 1.59 bits per heavy atom. The van der Waals surface area contributed by atoms with Gasteiger partial charge in [-0.1, -0.05) is 42.5 Å². The maximum Gasteiger partial charge on any atom is 0.338 e. The summed E-state index contributed by atoms with van der Waals surface area (Å²) in [5.41, 5.74) is 8.27. The van der Waals surface area contributed by atoms with Gasteiger partial charge in [0.2, 0.25) is 5.91 Å². The molecule has 8 heteroatoms. The average molecular weight is 457 g/mol. The van der Waals surface area contributed by atoms with Crippen LogP contribution in [0.25, 0.3) is 0 Å². The predicted octanol–water partition coefficient (Wildman–Crippen LogP) is 3.33. The summed E-state index contributed by atoms with van der Waals surface area (Å²) in [6.07, 6.45) is 0.518. The van der Waals surface area contributed by atoms with Gasteiger partial charge in [-0.3, -0.25) is 9.59 Å². The van der Waals surface area contributed by atoms with E-state index in [2.05, 4.69) is 5.10 Å².